The minimum absolute atomic E-state index is 0.348. The SMILES string of the molecule is CCc1ccccc1C(CN)N(C)CC1CCN(C)CC1. The van der Waals surface area contributed by atoms with Crippen molar-refractivity contribution in [3.05, 3.63) is 35.4 Å². The molecule has 1 fully saturated rings. The maximum absolute atomic E-state index is 6.11. The second kappa shape index (κ2) is 7.92. The fourth-order valence-corrected chi connectivity index (χ4v) is 3.50. The van der Waals surface area contributed by atoms with Gasteiger partial charge in [-0.1, -0.05) is 31.2 Å². The molecule has 0 saturated carbocycles. The van der Waals surface area contributed by atoms with E-state index in [9.17, 15) is 0 Å². The summed E-state index contributed by atoms with van der Waals surface area (Å²) in [6.07, 6.45) is 3.70. The maximum atomic E-state index is 6.11. The van der Waals surface area contributed by atoms with E-state index in [0.29, 0.717) is 12.6 Å². The lowest BCUT2D eigenvalue weighted by Gasteiger charge is -2.35. The first-order valence-corrected chi connectivity index (χ1v) is 8.32. The lowest BCUT2D eigenvalue weighted by Crippen LogP contribution is -2.39. The predicted molar refractivity (Wildman–Crippen MR) is 90.5 cm³/mol. The molecule has 3 heteroatoms. The average Bonchev–Trinajstić information content (AvgIpc) is 2.51. The van der Waals surface area contributed by atoms with Crippen molar-refractivity contribution in [2.45, 2.75) is 32.2 Å². The van der Waals surface area contributed by atoms with Crippen LogP contribution >= 0.6 is 0 Å². The average molecular weight is 289 g/mol. The smallest absolute Gasteiger partial charge is 0.0470 e. The van der Waals surface area contributed by atoms with Gasteiger partial charge in [0.1, 0.15) is 0 Å². The van der Waals surface area contributed by atoms with Gasteiger partial charge >= 0.3 is 0 Å². The van der Waals surface area contributed by atoms with E-state index >= 15 is 0 Å². The summed E-state index contributed by atoms with van der Waals surface area (Å²) >= 11 is 0. The zero-order chi connectivity index (χ0) is 15.2. The van der Waals surface area contributed by atoms with Gasteiger partial charge in [-0.15, -0.1) is 0 Å². The Morgan fingerprint density at radius 2 is 1.95 bits per heavy atom. The van der Waals surface area contributed by atoms with Crippen LogP contribution in [0.5, 0.6) is 0 Å². The van der Waals surface area contributed by atoms with Crippen LogP contribution in [0.4, 0.5) is 0 Å². The van der Waals surface area contributed by atoms with E-state index < -0.39 is 0 Å². The van der Waals surface area contributed by atoms with Gasteiger partial charge in [-0.25, -0.2) is 0 Å². The fourth-order valence-electron chi connectivity index (χ4n) is 3.50. The molecule has 0 spiro atoms. The van der Waals surface area contributed by atoms with Gasteiger partial charge in [-0.2, -0.15) is 0 Å². The van der Waals surface area contributed by atoms with Crippen LogP contribution in [0.3, 0.4) is 0 Å². The van der Waals surface area contributed by atoms with E-state index in [1.165, 1.54) is 37.1 Å². The molecule has 0 bridgehead atoms. The summed E-state index contributed by atoms with van der Waals surface area (Å²) in [5.74, 6) is 0.814. The first-order valence-electron chi connectivity index (χ1n) is 8.32. The molecular weight excluding hydrogens is 258 g/mol. The maximum Gasteiger partial charge on any atom is 0.0470 e. The van der Waals surface area contributed by atoms with Crippen molar-refractivity contribution >= 4 is 0 Å². The second-order valence-electron chi connectivity index (χ2n) is 6.49. The quantitative estimate of drug-likeness (QED) is 0.873. The summed E-state index contributed by atoms with van der Waals surface area (Å²) in [4.78, 5) is 4.91. The molecule has 0 aromatic heterocycles. The third-order valence-electron chi connectivity index (χ3n) is 4.93. The Labute approximate surface area is 130 Å². The molecule has 1 aliphatic rings. The number of hydrogen-bond acceptors (Lipinski definition) is 3. The first kappa shape index (κ1) is 16.5. The summed E-state index contributed by atoms with van der Waals surface area (Å²) in [7, 11) is 4.46. The van der Waals surface area contributed by atoms with Crippen LogP contribution in [-0.2, 0) is 6.42 Å². The van der Waals surface area contributed by atoms with Gasteiger partial charge in [0.25, 0.3) is 0 Å². The van der Waals surface area contributed by atoms with E-state index in [1.54, 1.807) is 0 Å². The van der Waals surface area contributed by atoms with Gasteiger partial charge in [0.2, 0.25) is 0 Å². The summed E-state index contributed by atoms with van der Waals surface area (Å²) in [5.41, 5.74) is 8.95. The summed E-state index contributed by atoms with van der Waals surface area (Å²) in [5, 5.41) is 0. The highest BCUT2D eigenvalue weighted by Crippen LogP contribution is 2.25. The van der Waals surface area contributed by atoms with E-state index in [2.05, 4.69) is 55.1 Å². The minimum Gasteiger partial charge on any atom is -0.329 e. The third kappa shape index (κ3) is 4.29. The Bertz CT molecular complexity index is 424. The molecule has 2 rings (SSSR count). The number of likely N-dealkylation sites (N-methyl/N-ethyl adjacent to an activating group) is 1. The fraction of sp³-hybridized carbons (Fsp3) is 0.667. The normalized spacial score (nSPS) is 19.1. The first-order chi connectivity index (χ1) is 10.2. The van der Waals surface area contributed by atoms with Crippen molar-refractivity contribution in [1.29, 1.82) is 0 Å². The number of rotatable bonds is 6. The second-order valence-corrected chi connectivity index (χ2v) is 6.49. The molecule has 1 heterocycles. The monoisotopic (exact) mass is 289 g/mol. The van der Waals surface area contributed by atoms with Crippen molar-refractivity contribution in [1.82, 2.24) is 9.80 Å². The molecule has 1 aromatic rings. The van der Waals surface area contributed by atoms with E-state index in [-0.39, 0.29) is 0 Å². The lowest BCUT2D eigenvalue weighted by molar-refractivity contribution is 0.151. The number of benzene rings is 1. The van der Waals surface area contributed by atoms with Crippen molar-refractivity contribution < 1.29 is 0 Å². The Balaban J connectivity index is 2.02. The number of nitrogens with zero attached hydrogens (tertiary/aromatic N) is 2. The number of likely N-dealkylation sites (tertiary alicyclic amines) is 1. The van der Waals surface area contributed by atoms with Crippen molar-refractivity contribution in [3.8, 4) is 0 Å². The summed E-state index contributed by atoms with van der Waals surface area (Å²) in [6, 6.07) is 9.11. The largest absolute Gasteiger partial charge is 0.329 e. The highest BCUT2D eigenvalue weighted by atomic mass is 15.1. The molecule has 3 nitrogen and oxygen atoms in total. The molecule has 1 aromatic carbocycles. The zero-order valence-corrected chi connectivity index (χ0v) is 13.9. The third-order valence-corrected chi connectivity index (χ3v) is 4.93. The van der Waals surface area contributed by atoms with E-state index in [4.69, 9.17) is 5.73 Å². The zero-order valence-electron chi connectivity index (χ0n) is 13.9. The summed E-state index contributed by atoms with van der Waals surface area (Å²) < 4.78 is 0. The predicted octanol–water partition coefficient (Wildman–Crippen LogP) is 2.52. The number of piperidine rings is 1. The molecule has 1 unspecified atom stereocenters. The van der Waals surface area contributed by atoms with Crippen LogP contribution in [0.25, 0.3) is 0 Å². The lowest BCUT2D eigenvalue weighted by atomic mass is 9.93. The van der Waals surface area contributed by atoms with Crippen LogP contribution in [0.1, 0.15) is 36.9 Å². The minimum atomic E-state index is 0.348. The number of hydrogen-bond donors (Lipinski definition) is 1. The molecule has 1 atom stereocenters. The van der Waals surface area contributed by atoms with E-state index in [1.807, 2.05) is 0 Å². The Morgan fingerprint density at radius 3 is 2.57 bits per heavy atom. The Hall–Kier alpha value is -0.900. The van der Waals surface area contributed by atoms with E-state index in [0.717, 1.165) is 18.9 Å². The molecular formula is C18H31N3. The Morgan fingerprint density at radius 1 is 1.29 bits per heavy atom. The highest BCUT2D eigenvalue weighted by Gasteiger charge is 2.23. The van der Waals surface area contributed by atoms with Crippen LogP contribution in [0, 0.1) is 5.92 Å². The standard InChI is InChI=1S/C18H31N3/c1-4-16-7-5-6-8-17(16)18(13-19)21(3)14-15-9-11-20(2)12-10-15/h5-8,15,18H,4,9-14,19H2,1-3H3. The Kier molecular flexibility index (Phi) is 6.22. The number of nitrogens with two attached hydrogens (primary N) is 1. The molecule has 2 N–H and O–H groups in total. The molecule has 1 saturated heterocycles. The van der Waals surface area contributed by atoms with Crippen LogP contribution in [0.15, 0.2) is 24.3 Å². The van der Waals surface area contributed by atoms with Crippen molar-refractivity contribution in [2.24, 2.45) is 11.7 Å². The van der Waals surface area contributed by atoms with Gasteiger partial charge in [0.15, 0.2) is 0 Å². The van der Waals surface area contributed by atoms with Crippen LogP contribution in [-0.4, -0.2) is 50.1 Å². The molecule has 0 radical (unpaired) electrons. The molecule has 118 valence electrons. The van der Waals surface area contributed by atoms with Gasteiger partial charge in [-0.05, 0) is 63.5 Å². The van der Waals surface area contributed by atoms with Crippen LogP contribution < -0.4 is 5.73 Å². The van der Waals surface area contributed by atoms with Gasteiger partial charge in [0.05, 0.1) is 0 Å². The molecule has 1 aliphatic heterocycles. The number of aryl methyl sites for hydroxylation is 1. The molecule has 0 amide bonds. The van der Waals surface area contributed by atoms with Crippen LogP contribution in [0.2, 0.25) is 0 Å². The van der Waals surface area contributed by atoms with Gasteiger partial charge in [-0.3, -0.25) is 4.90 Å². The summed E-state index contributed by atoms with van der Waals surface area (Å²) in [6.45, 7) is 6.55. The van der Waals surface area contributed by atoms with Crippen molar-refractivity contribution in [3.63, 3.8) is 0 Å². The van der Waals surface area contributed by atoms with Crippen molar-refractivity contribution in [2.75, 3.05) is 40.3 Å². The van der Waals surface area contributed by atoms with Gasteiger partial charge < -0.3 is 10.6 Å². The molecule has 0 aliphatic carbocycles. The van der Waals surface area contributed by atoms with Gasteiger partial charge in [0, 0.05) is 19.1 Å². The topological polar surface area (TPSA) is 32.5 Å². The molecule has 21 heavy (non-hydrogen) atoms. The highest BCUT2D eigenvalue weighted by molar-refractivity contribution is 5.30.